The van der Waals surface area contributed by atoms with Crippen LogP contribution in [0.4, 0.5) is 5.69 Å². The number of rotatable bonds is 7. The minimum atomic E-state index is -0.0656. The van der Waals surface area contributed by atoms with Crippen molar-refractivity contribution in [1.82, 2.24) is 20.2 Å². The Hall–Kier alpha value is -2.97. The summed E-state index contributed by atoms with van der Waals surface area (Å²) in [6.45, 7) is 4.07. The molecule has 2 aromatic carbocycles. The van der Waals surface area contributed by atoms with Crippen LogP contribution in [0.1, 0.15) is 21.8 Å². The quantitative estimate of drug-likeness (QED) is 0.398. The van der Waals surface area contributed by atoms with E-state index in [2.05, 4.69) is 44.5 Å². The lowest BCUT2D eigenvalue weighted by atomic mass is 10.1. The Morgan fingerprint density at radius 3 is 2.47 bits per heavy atom. The van der Waals surface area contributed by atoms with Crippen molar-refractivity contribution in [2.75, 3.05) is 5.32 Å². The van der Waals surface area contributed by atoms with E-state index in [4.69, 9.17) is 0 Å². The van der Waals surface area contributed by atoms with Crippen LogP contribution in [0, 0.1) is 13.8 Å². The summed E-state index contributed by atoms with van der Waals surface area (Å²) >= 11 is 3.01. The first-order valence-electron chi connectivity index (χ1n) is 9.47. The molecule has 0 aliphatic rings. The highest BCUT2D eigenvalue weighted by Crippen LogP contribution is 2.23. The molecule has 0 atom stereocenters. The van der Waals surface area contributed by atoms with Crippen LogP contribution in [0.2, 0.25) is 0 Å². The van der Waals surface area contributed by atoms with E-state index in [0.717, 1.165) is 33.3 Å². The molecule has 8 heteroatoms. The Kier molecular flexibility index (Phi) is 6.25. The van der Waals surface area contributed by atoms with Crippen LogP contribution in [-0.4, -0.2) is 26.1 Å². The number of hydrogen-bond donors (Lipinski definition) is 2. The monoisotopic (exact) mass is 435 g/mol. The van der Waals surface area contributed by atoms with Crippen LogP contribution in [0.25, 0.3) is 11.4 Å². The summed E-state index contributed by atoms with van der Waals surface area (Å²) in [5.74, 6) is 1.34. The number of aryl methyl sites for hydroxylation is 2. The lowest BCUT2D eigenvalue weighted by Crippen LogP contribution is -2.14. The second-order valence-corrected chi connectivity index (χ2v) is 8.83. The molecule has 2 aromatic heterocycles. The molecule has 0 fully saturated rings. The van der Waals surface area contributed by atoms with E-state index >= 15 is 0 Å². The van der Waals surface area contributed by atoms with Gasteiger partial charge in [-0.3, -0.25) is 9.89 Å². The topological polar surface area (TPSA) is 83.6 Å². The Morgan fingerprint density at radius 1 is 1.03 bits per heavy atom. The van der Waals surface area contributed by atoms with Crippen molar-refractivity contribution >= 4 is 34.7 Å². The van der Waals surface area contributed by atoms with Crippen molar-refractivity contribution in [3.63, 3.8) is 0 Å². The summed E-state index contributed by atoms with van der Waals surface area (Å²) < 4.78 is 0. The van der Waals surface area contributed by atoms with Gasteiger partial charge in [0.2, 0.25) is 11.1 Å². The summed E-state index contributed by atoms with van der Waals surface area (Å²) in [5.41, 5.74) is 5.10. The number of hydrogen-bond acceptors (Lipinski definition) is 6. The molecule has 4 aromatic rings. The zero-order chi connectivity index (χ0) is 20.9. The third kappa shape index (κ3) is 5.34. The van der Waals surface area contributed by atoms with E-state index in [-0.39, 0.29) is 12.3 Å². The normalized spacial score (nSPS) is 10.9. The van der Waals surface area contributed by atoms with Gasteiger partial charge in [0, 0.05) is 22.4 Å². The lowest BCUT2D eigenvalue weighted by molar-refractivity contribution is -0.115. The van der Waals surface area contributed by atoms with Gasteiger partial charge in [0.15, 0.2) is 5.82 Å². The van der Waals surface area contributed by atoms with Gasteiger partial charge in [-0.2, -0.15) is 0 Å². The van der Waals surface area contributed by atoms with Gasteiger partial charge in [0.05, 0.1) is 12.1 Å². The van der Waals surface area contributed by atoms with Gasteiger partial charge in [-0.25, -0.2) is 9.97 Å². The number of thioether (sulfide) groups is 1. The fourth-order valence-electron chi connectivity index (χ4n) is 2.77. The molecule has 1 amide bonds. The number of nitrogens with one attached hydrogen (secondary N) is 2. The number of nitrogens with zero attached hydrogens (tertiary/aromatic N) is 3. The van der Waals surface area contributed by atoms with Crippen LogP contribution < -0.4 is 5.32 Å². The molecule has 0 unspecified atom stereocenters. The van der Waals surface area contributed by atoms with Gasteiger partial charge in [0.25, 0.3) is 0 Å². The van der Waals surface area contributed by atoms with Crippen molar-refractivity contribution in [3.8, 4) is 11.4 Å². The van der Waals surface area contributed by atoms with E-state index in [0.29, 0.717) is 10.9 Å². The van der Waals surface area contributed by atoms with Crippen LogP contribution in [-0.2, 0) is 17.0 Å². The first kappa shape index (κ1) is 20.3. The number of amides is 1. The molecule has 0 aliphatic carbocycles. The molecule has 152 valence electrons. The summed E-state index contributed by atoms with van der Waals surface area (Å²) in [4.78, 5) is 21.3. The number of carbonyl (C=O) groups is 1. The van der Waals surface area contributed by atoms with Gasteiger partial charge in [-0.1, -0.05) is 59.3 Å². The summed E-state index contributed by atoms with van der Waals surface area (Å²) in [6, 6.07) is 15.9. The molecule has 2 N–H and O–H groups in total. The third-order valence-corrected chi connectivity index (χ3v) is 6.16. The van der Waals surface area contributed by atoms with E-state index in [9.17, 15) is 4.79 Å². The predicted octanol–water partition coefficient (Wildman–Crippen LogP) is 5.02. The molecule has 0 bridgehead atoms. The molecule has 6 nitrogen and oxygen atoms in total. The van der Waals surface area contributed by atoms with E-state index in [1.165, 1.54) is 28.7 Å². The average molecular weight is 436 g/mol. The summed E-state index contributed by atoms with van der Waals surface area (Å²) in [6.07, 6.45) is 0.265. The molecular weight excluding hydrogens is 414 g/mol. The van der Waals surface area contributed by atoms with Crippen LogP contribution >= 0.6 is 23.1 Å². The third-order valence-electron chi connectivity index (χ3n) is 4.39. The second kappa shape index (κ2) is 9.23. The van der Waals surface area contributed by atoms with Gasteiger partial charge in [-0.05, 0) is 26.0 Å². The van der Waals surface area contributed by atoms with E-state index in [1.807, 2.05) is 48.7 Å². The van der Waals surface area contributed by atoms with Gasteiger partial charge in [0.1, 0.15) is 5.01 Å². The number of benzene rings is 2. The minimum absolute atomic E-state index is 0.0656. The van der Waals surface area contributed by atoms with Crippen molar-refractivity contribution in [2.24, 2.45) is 0 Å². The van der Waals surface area contributed by atoms with Crippen molar-refractivity contribution < 1.29 is 4.79 Å². The molecule has 4 rings (SSSR count). The van der Waals surface area contributed by atoms with Gasteiger partial charge in [-0.15, -0.1) is 16.4 Å². The molecule has 30 heavy (non-hydrogen) atoms. The maximum Gasteiger partial charge on any atom is 0.231 e. The predicted molar refractivity (Wildman–Crippen MR) is 122 cm³/mol. The smallest absolute Gasteiger partial charge is 0.231 e. The highest BCUT2D eigenvalue weighted by atomic mass is 32.2. The summed E-state index contributed by atoms with van der Waals surface area (Å²) in [7, 11) is 0. The number of anilines is 1. The number of thiazole rings is 1. The molecule has 2 heterocycles. The maximum absolute atomic E-state index is 12.2. The second-order valence-electron chi connectivity index (χ2n) is 6.94. The number of H-pyrrole nitrogens is 1. The Bertz CT molecular complexity index is 1130. The van der Waals surface area contributed by atoms with Crippen molar-refractivity contribution in [1.29, 1.82) is 0 Å². The molecule has 0 spiro atoms. The summed E-state index contributed by atoms with van der Waals surface area (Å²) in [5, 5.41) is 13.6. The standard InChI is InChI=1S/C22H21N5OS2/c1-14-3-7-16(8-4-14)21-25-22(27-26-21)30-13-18-12-29-20(24-18)11-19(28)23-17-9-5-15(2)6-10-17/h3-10,12H,11,13H2,1-2H3,(H,23,28)(H,25,26,27). The SMILES string of the molecule is Cc1ccc(NC(=O)Cc2nc(CSc3n[nH]c(-c4ccc(C)cc4)n3)cs2)cc1. The number of carbonyl (C=O) groups excluding carboxylic acids is 1. The van der Waals surface area contributed by atoms with Crippen LogP contribution in [0.5, 0.6) is 0 Å². The fraction of sp³-hybridized carbons (Fsp3) is 0.182. The Labute approximate surface area is 183 Å². The van der Waals surface area contributed by atoms with Gasteiger partial charge >= 0.3 is 0 Å². The molecule has 0 saturated carbocycles. The average Bonchev–Trinajstić information content (AvgIpc) is 3.38. The number of aromatic amines is 1. The molecule has 0 radical (unpaired) electrons. The molecule has 0 saturated heterocycles. The lowest BCUT2D eigenvalue weighted by Gasteiger charge is -2.04. The van der Waals surface area contributed by atoms with E-state index in [1.54, 1.807) is 0 Å². The van der Waals surface area contributed by atoms with Crippen LogP contribution in [0.15, 0.2) is 59.1 Å². The molecule has 0 aliphatic heterocycles. The largest absolute Gasteiger partial charge is 0.326 e. The van der Waals surface area contributed by atoms with Crippen molar-refractivity contribution in [2.45, 2.75) is 31.2 Å². The van der Waals surface area contributed by atoms with E-state index < -0.39 is 0 Å². The van der Waals surface area contributed by atoms with Crippen LogP contribution in [0.3, 0.4) is 0 Å². The fourth-order valence-corrected chi connectivity index (χ4v) is 4.35. The zero-order valence-electron chi connectivity index (χ0n) is 16.7. The minimum Gasteiger partial charge on any atom is -0.326 e. The maximum atomic E-state index is 12.2. The zero-order valence-corrected chi connectivity index (χ0v) is 18.3. The van der Waals surface area contributed by atoms with Crippen molar-refractivity contribution in [3.05, 3.63) is 75.7 Å². The Balaban J connectivity index is 1.30. The highest BCUT2D eigenvalue weighted by molar-refractivity contribution is 7.98. The number of aromatic nitrogens is 4. The first-order chi connectivity index (χ1) is 14.5. The van der Waals surface area contributed by atoms with Gasteiger partial charge < -0.3 is 5.32 Å². The first-order valence-corrected chi connectivity index (χ1v) is 11.3. The Morgan fingerprint density at radius 2 is 1.73 bits per heavy atom. The highest BCUT2D eigenvalue weighted by Gasteiger charge is 2.11. The molecular formula is C22H21N5OS2.